The van der Waals surface area contributed by atoms with E-state index in [9.17, 15) is 25.7 Å². The second kappa shape index (κ2) is 42.9. The summed E-state index contributed by atoms with van der Waals surface area (Å²) in [5, 5.41) is 60.2. The molecule has 0 saturated carbocycles. The predicted octanol–water partition coefficient (Wildman–Crippen LogP) is 25.9. The SMILES string of the molecule is CC(C)n1c(-c2ccccc2O)nc2c(-c3[c-]c(-c4cc(C#N)ccn4)ccc3)cccc21.CC(C)n1c(-c2ccccc2O)nc2c(-c3[c-]c(-c4ccc(C#N)cn4)ccc3)cccc21.[C-]#[N+]c1ccc(-c2nc3c(-c4[c-]c(-c5ccccn5)ccc4)cccc3n2C)c(O)c1.[C-]#[N+]c1cccc(-c2[c-]c(-c3cccc4c3nc(-c3ccccc3O)n4C(C)C)ccc2)n1.[Pt].[Pt].[Pt].[Pt]. The number of hydrogen-bond donors (Lipinski definition) is 4. The van der Waals surface area contributed by atoms with Gasteiger partial charge in [0.1, 0.15) is 52.4 Å². The summed E-state index contributed by atoms with van der Waals surface area (Å²) in [7, 11) is 1.92. The maximum atomic E-state index is 10.5. The number of imidazole rings is 4. The van der Waals surface area contributed by atoms with E-state index in [2.05, 4.69) is 139 Å². The fourth-order valence-corrected chi connectivity index (χ4v) is 16.1. The number of rotatable bonds is 15. The smallest absolute Gasteiger partial charge is 0.262 e. The van der Waals surface area contributed by atoms with E-state index in [4.69, 9.17) is 38.3 Å². The molecule has 134 heavy (non-hydrogen) atoms. The average molecular weight is 2470 g/mol. The van der Waals surface area contributed by atoms with Gasteiger partial charge >= 0.3 is 0 Å². The zero-order valence-corrected chi connectivity index (χ0v) is 82.1. The second-order valence-corrected chi connectivity index (χ2v) is 31.5. The van der Waals surface area contributed by atoms with Crippen molar-refractivity contribution in [3.8, 4) is 170 Å². The van der Waals surface area contributed by atoms with Crippen LogP contribution in [0.3, 0.4) is 0 Å². The van der Waals surface area contributed by atoms with Crippen LogP contribution in [0.25, 0.3) is 189 Å². The first kappa shape index (κ1) is 96.6. The van der Waals surface area contributed by atoms with Crippen LogP contribution >= 0.6 is 0 Å². The molecule has 24 heteroatoms. The minimum atomic E-state index is 0. The van der Waals surface area contributed by atoms with Crippen LogP contribution in [0, 0.1) is 60.1 Å². The molecule has 0 fully saturated rings. The fourth-order valence-electron chi connectivity index (χ4n) is 16.1. The van der Waals surface area contributed by atoms with E-state index in [0.717, 1.165) is 140 Å². The molecule has 668 valence electrons. The summed E-state index contributed by atoms with van der Waals surface area (Å²) in [4.78, 5) is 44.3. The van der Waals surface area contributed by atoms with Gasteiger partial charge in [-0.1, -0.05) is 178 Å². The molecule has 20 rings (SSSR count). The number of para-hydroxylation sites is 7. The number of pyridine rings is 4. The summed E-state index contributed by atoms with van der Waals surface area (Å²) in [5.41, 5.74) is 25.3. The van der Waals surface area contributed by atoms with Gasteiger partial charge in [0.05, 0.1) is 90.3 Å². The monoisotopic (exact) mass is 2470 g/mol. The summed E-state index contributed by atoms with van der Waals surface area (Å²) >= 11 is 0. The third-order valence-electron chi connectivity index (χ3n) is 22.1. The Balaban J connectivity index is 0.000000150. The number of benzene rings is 12. The Morgan fingerprint density at radius 2 is 0.664 bits per heavy atom. The topological polar surface area (TPSA) is 260 Å². The van der Waals surface area contributed by atoms with Crippen LogP contribution < -0.4 is 0 Å². The van der Waals surface area contributed by atoms with Crippen molar-refractivity contribution in [3.05, 3.63) is 374 Å². The Morgan fingerprint density at radius 1 is 0.306 bits per heavy atom. The Morgan fingerprint density at radius 3 is 1.06 bits per heavy atom. The van der Waals surface area contributed by atoms with Crippen molar-refractivity contribution < 1.29 is 105 Å². The Hall–Kier alpha value is -15.0. The van der Waals surface area contributed by atoms with Crippen molar-refractivity contribution in [1.29, 1.82) is 10.5 Å². The number of hydrogen-bond acceptors (Lipinski definition) is 14. The summed E-state index contributed by atoms with van der Waals surface area (Å²) in [6.07, 6.45) is 4.98. The van der Waals surface area contributed by atoms with Crippen molar-refractivity contribution in [2.24, 2.45) is 7.05 Å². The van der Waals surface area contributed by atoms with Crippen LogP contribution in [0.4, 0.5) is 11.5 Å². The molecule has 4 N–H and O–H groups in total. The molecule has 0 amide bonds. The maximum Gasteiger partial charge on any atom is 0.262 e. The first-order valence-electron chi connectivity index (χ1n) is 42.0. The van der Waals surface area contributed by atoms with Crippen molar-refractivity contribution in [3.63, 3.8) is 0 Å². The molecule has 0 radical (unpaired) electrons. The molecule has 0 spiro atoms. The molecule has 0 bridgehead atoms. The van der Waals surface area contributed by atoms with E-state index in [0.29, 0.717) is 62.1 Å². The molecule has 0 saturated heterocycles. The zero-order chi connectivity index (χ0) is 90.2. The standard InChI is InChI=1S/3C28H21N4O.C26H17N4O.4Pt/c1-18(2)32-24-14-7-12-21(27(24)31-28(32)22-11-4-5-15-25(22)33)19-9-6-10-20(17-19)23-13-8-16-26(29-3)30-23;1-18(2)32-25-11-6-10-22(27(25)31-28(32)23-9-3-4-12-26(23)33)20-7-5-8-21(15-20)24-14-13-19(16-29)17-30-24;1-18(2)32-25-11-6-10-22(27(25)31-28(32)23-9-3-4-12-26(23)33)20-7-5-8-21(16-20)24-15-19(17-29)13-14-30-24;1-27-19-12-13-21(24(31)16-19)26-29-25-20(9-6-11-23(25)30(26)2)17-7-5-8-18(15-17)22-10-3-4-14-28-22;;;;/h4-16,18,33H,1-2H3;3-14,17-18,33H,1-2H3;3-15,18,33H,1-2H3;3-14,16,31H,2H3;;;;/q4*-1;;;;. The van der Waals surface area contributed by atoms with Crippen LogP contribution in [0.5, 0.6) is 23.0 Å². The van der Waals surface area contributed by atoms with Crippen LogP contribution in [-0.2, 0) is 91.3 Å². The summed E-state index contributed by atoms with van der Waals surface area (Å²) in [5.74, 6) is 3.83. The molecule has 0 atom stereocenters. The largest absolute Gasteiger partial charge is 0.509 e. The normalized spacial score (nSPS) is 10.7. The van der Waals surface area contributed by atoms with E-state index in [1.54, 1.807) is 73.2 Å². The van der Waals surface area contributed by atoms with Gasteiger partial charge in [-0.05, 0) is 139 Å². The quantitative estimate of drug-likeness (QED) is 0.0696. The number of aromatic hydroxyl groups is 4. The van der Waals surface area contributed by atoms with Gasteiger partial charge in [-0.15, -0.1) is 119 Å². The first-order chi connectivity index (χ1) is 63.3. The van der Waals surface area contributed by atoms with E-state index in [1.807, 2.05) is 230 Å². The Bertz CT molecular complexity index is 7660. The third kappa shape index (κ3) is 20.0. The van der Waals surface area contributed by atoms with Gasteiger partial charge in [0.2, 0.25) is 0 Å². The number of fused-ring (bicyclic) bond motifs is 4. The molecule has 0 aliphatic heterocycles. The van der Waals surface area contributed by atoms with Gasteiger partial charge in [-0.25, -0.2) is 24.8 Å². The predicted molar refractivity (Wildman–Crippen MR) is 511 cm³/mol. The number of nitrogens with zero attached hydrogens (tertiary/aromatic N) is 16. The van der Waals surface area contributed by atoms with Crippen molar-refractivity contribution in [2.45, 2.75) is 59.7 Å². The number of aryl methyl sites for hydroxylation is 1. The second-order valence-electron chi connectivity index (χ2n) is 31.5. The molecule has 0 aliphatic rings. The molecule has 0 aliphatic carbocycles. The average Bonchev–Trinajstić information content (AvgIpc) is 1.62. The van der Waals surface area contributed by atoms with Crippen molar-refractivity contribution in [2.75, 3.05) is 0 Å². The number of phenols is 4. The van der Waals surface area contributed by atoms with Crippen molar-refractivity contribution in [1.82, 2.24) is 58.1 Å². The summed E-state index contributed by atoms with van der Waals surface area (Å²) in [6.45, 7) is 27.0. The molecule has 20 nitrogen and oxygen atoms in total. The molecule has 20 aromatic rings. The first-order valence-corrected chi connectivity index (χ1v) is 42.0. The molecular weight excluding hydrogens is 2390 g/mol. The van der Waals surface area contributed by atoms with Crippen LogP contribution in [0.1, 0.15) is 70.8 Å². The minimum Gasteiger partial charge on any atom is -0.509 e. The number of phenolic OH excluding ortho intramolecular Hbond substituents is 4. The molecule has 12 aromatic carbocycles. The van der Waals surface area contributed by atoms with Crippen LogP contribution in [0.15, 0.2) is 316 Å². The van der Waals surface area contributed by atoms with Gasteiger partial charge in [0.25, 0.3) is 5.82 Å². The fraction of sp³-hybridized carbons (Fsp3) is 0.0909. The van der Waals surface area contributed by atoms with Gasteiger partial charge in [0, 0.05) is 151 Å². The van der Waals surface area contributed by atoms with Crippen LogP contribution in [0.2, 0.25) is 0 Å². The maximum absolute atomic E-state index is 10.5. The third-order valence-corrected chi connectivity index (χ3v) is 22.1. The number of aromatic nitrogens is 12. The summed E-state index contributed by atoms with van der Waals surface area (Å²) in [6, 6.07) is 112. The minimum absolute atomic E-state index is 0. The van der Waals surface area contributed by atoms with E-state index >= 15 is 0 Å². The Labute approximate surface area is 832 Å². The van der Waals surface area contributed by atoms with Gasteiger partial charge in [-0.2, -0.15) is 15.5 Å². The van der Waals surface area contributed by atoms with Crippen LogP contribution in [-0.4, -0.2) is 78.6 Å². The molecular formula is C110H80N16O4Pt4-4. The Kier molecular flexibility index (Phi) is 31.0. The van der Waals surface area contributed by atoms with Gasteiger partial charge < -0.3 is 43.5 Å². The van der Waals surface area contributed by atoms with E-state index in [-0.39, 0.29) is 125 Å². The number of nitriles is 2. The van der Waals surface area contributed by atoms with Gasteiger partial charge in [0.15, 0.2) is 5.69 Å². The molecule has 8 heterocycles. The summed E-state index contributed by atoms with van der Waals surface area (Å²) < 4.78 is 8.40. The van der Waals surface area contributed by atoms with Gasteiger partial charge in [-0.3, -0.25) is 15.0 Å². The molecule has 0 unspecified atom stereocenters. The molecule has 8 aromatic heterocycles. The zero-order valence-electron chi connectivity index (χ0n) is 73.0. The van der Waals surface area contributed by atoms with Crippen molar-refractivity contribution >= 4 is 55.6 Å². The van der Waals surface area contributed by atoms with E-state index in [1.165, 1.54) is 6.07 Å². The van der Waals surface area contributed by atoms with E-state index < -0.39 is 0 Å².